The van der Waals surface area contributed by atoms with E-state index in [1.54, 1.807) is 77.4 Å². The van der Waals surface area contributed by atoms with Gasteiger partial charge in [-0.1, -0.05) is 48.5 Å². The SMILES string of the molecule is Nc1ccc(-c2cccs2)cc1NC(=O)c1cc(C(C(=O)Nc2ccccc2)C(=O)Nc2ccccc2)cs1. The number of carbonyl (C=O) groups is 3. The highest BCUT2D eigenvalue weighted by Gasteiger charge is 2.30. The molecule has 0 unspecified atom stereocenters. The van der Waals surface area contributed by atoms with E-state index in [0.29, 0.717) is 33.2 Å². The predicted octanol–water partition coefficient (Wildman–Crippen LogP) is 6.67. The second kappa shape index (κ2) is 11.8. The number of benzene rings is 3. The van der Waals surface area contributed by atoms with Crippen LogP contribution >= 0.6 is 22.7 Å². The highest BCUT2D eigenvalue weighted by molar-refractivity contribution is 7.13. The number of anilines is 4. The molecule has 9 heteroatoms. The number of amides is 3. The minimum atomic E-state index is -1.18. The van der Waals surface area contributed by atoms with Crippen molar-refractivity contribution in [2.45, 2.75) is 5.92 Å². The Hall–Kier alpha value is -4.73. The van der Waals surface area contributed by atoms with Crippen LogP contribution in [0, 0.1) is 0 Å². The van der Waals surface area contributed by atoms with Crippen molar-refractivity contribution in [3.05, 3.63) is 118 Å². The van der Waals surface area contributed by atoms with Crippen molar-refractivity contribution in [3.8, 4) is 10.4 Å². The molecule has 0 aliphatic rings. The third-order valence-corrected chi connectivity index (χ3v) is 7.76. The van der Waals surface area contributed by atoms with Gasteiger partial charge < -0.3 is 21.7 Å². The largest absolute Gasteiger partial charge is 0.397 e. The Morgan fingerprint density at radius 3 is 1.92 bits per heavy atom. The van der Waals surface area contributed by atoms with E-state index in [-0.39, 0.29) is 5.91 Å². The average Bonchev–Trinajstić information content (AvgIpc) is 3.65. The quantitative estimate of drug-likeness (QED) is 0.127. The van der Waals surface area contributed by atoms with Crippen LogP contribution in [-0.2, 0) is 9.59 Å². The van der Waals surface area contributed by atoms with E-state index in [1.807, 2.05) is 41.8 Å². The second-order valence-electron chi connectivity index (χ2n) is 8.62. The molecule has 7 nitrogen and oxygen atoms in total. The molecule has 5 rings (SSSR count). The van der Waals surface area contributed by atoms with E-state index < -0.39 is 17.7 Å². The zero-order chi connectivity index (χ0) is 27.2. The molecule has 0 bridgehead atoms. The van der Waals surface area contributed by atoms with E-state index in [1.165, 1.54) is 0 Å². The minimum Gasteiger partial charge on any atom is -0.397 e. The van der Waals surface area contributed by atoms with Gasteiger partial charge in [0.25, 0.3) is 5.91 Å². The van der Waals surface area contributed by atoms with Gasteiger partial charge in [-0.05, 0) is 70.4 Å². The monoisotopic (exact) mass is 552 g/mol. The molecule has 0 aliphatic carbocycles. The highest BCUT2D eigenvalue weighted by atomic mass is 32.1. The van der Waals surface area contributed by atoms with Gasteiger partial charge in [0, 0.05) is 16.3 Å². The summed E-state index contributed by atoms with van der Waals surface area (Å²) < 4.78 is 0. The molecule has 0 fully saturated rings. The number of nitrogens with one attached hydrogen (secondary N) is 3. The van der Waals surface area contributed by atoms with Crippen molar-refractivity contribution in [1.82, 2.24) is 0 Å². The van der Waals surface area contributed by atoms with Crippen LogP contribution in [0.25, 0.3) is 10.4 Å². The lowest BCUT2D eigenvalue weighted by Gasteiger charge is -2.16. The Balaban J connectivity index is 1.39. The number of hydrogen-bond acceptors (Lipinski definition) is 6. The fraction of sp³-hybridized carbons (Fsp3) is 0.0333. The number of carbonyl (C=O) groups excluding carboxylic acids is 3. The Kier molecular flexibility index (Phi) is 7.81. The average molecular weight is 553 g/mol. The van der Waals surface area contributed by atoms with Crippen molar-refractivity contribution in [2.75, 3.05) is 21.7 Å². The van der Waals surface area contributed by atoms with Crippen molar-refractivity contribution in [1.29, 1.82) is 0 Å². The lowest BCUT2D eigenvalue weighted by molar-refractivity contribution is -0.125. The molecule has 0 saturated heterocycles. The zero-order valence-electron chi connectivity index (χ0n) is 20.6. The number of nitrogen functional groups attached to an aromatic ring is 1. The number of para-hydroxylation sites is 2. The van der Waals surface area contributed by atoms with E-state index in [4.69, 9.17) is 5.73 Å². The summed E-state index contributed by atoms with van der Waals surface area (Å²) in [5.41, 5.74) is 9.53. The van der Waals surface area contributed by atoms with Crippen LogP contribution in [0.15, 0.2) is 108 Å². The molecule has 5 N–H and O–H groups in total. The summed E-state index contributed by atoms with van der Waals surface area (Å²) >= 11 is 2.74. The molecule has 0 spiro atoms. The van der Waals surface area contributed by atoms with Gasteiger partial charge in [0.15, 0.2) is 0 Å². The van der Waals surface area contributed by atoms with Crippen molar-refractivity contribution < 1.29 is 14.4 Å². The molecule has 39 heavy (non-hydrogen) atoms. The van der Waals surface area contributed by atoms with E-state index >= 15 is 0 Å². The predicted molar refractivity (Wildman–Crippen MR) is 159 cm³/mol. The molecule has 3 aromatic carbocycles. The van der Waals surface area contributed by atoms with Crippen LogP contribution in [0.2, 0.25) is 0 Å². The first-order valence-corrected chi connectivity index (χ1v) is 13.8. The molecule has 0 saturated carbocycles. The standard InChI is InChI=1S/C30H24N4O3S2/c31-23-14-13-19(25-12-7-15-38-25)16-24(23)34-28(35)26-17-20(18-39-26)27(29(36)32-21-8-3-1-4-9-21)30(37)33-22-10-5-2-6-11-22/h1-18,27H,31H2,(H,32,36)(H,33,37)(H,34,35). The summed E-state index contributed by atoms with van der Waals surface area (Å²) in [5, 5.41) is 12.1. The fourth-order valence-electron chi connectivity index (χ4n) is 3.96. The summed E-state index contributed by atoms with van der Waals surface area (Å²) in [5.74, 6) is -2.58. The van der Waals surface area contributed by atoms with E-state index in [2.05, 4.69) is 16.0 Å². The number of rotatable bonds is 8. The van der Waals surface area contributed by atoms with Gasteiger partial charge in [0.2, 0.25) is 11.8 Å². The first kappa shape index (κ1) is 25.9. The van der Waals surface area contributed by atoms with Gasteiger partial charge in [-0.3, -0.25) is 14.4 Å². The molecule has 2 heterocycles. The van der Waals surface area contributed by atoms with Crippen molar-refractivity contribution in [3.63, 3.8) is 0 Å². The molecule has 5 aromatic rings. The van der Waals surface area contributed by atoms with Crippen LogP contribution in [0.1, 0.15) is 21.2 Å². The van der Waals surface area contributed by atoms with Crippen LogP contribution in [0.3, 0.4) is 0 Å². The van der Waals surface area contributed by atoms with Crippen molar-refractivity contribution >= 4 is 63.1 Å². The summed E-state index contributed by atoms with van der Waals surface area (Å²) in [6.45, 7) is 0. The summed E-state index contributed by atoms with van der Waals surface area (Å²) in [7, 11) is 0. The third kappa shape index (κ3) is 6.23. The first-order valence-electron chi connectivity index (χ1n) is 12.0. The van der Waals surface area contributed by atoms with Gasteiger partial charge in [-0.15, -0.1) is 22.7 Å². The van der Waals surface area contributed by atoms with Crippen LogP contribution in [0.4, 0.5) is 22.7 Å². The lowest BCUT2D eigenvalue weighted by Crippen LogP contribution is -2.31. The summed E-state index contributed by atoms with van der Waals surface area (Å²) in [6.07, 6.45) is 0. The molecule has 0 radical (unpaired) electrons. The maximum atomic E-state index is 13.3. The van der Waals surface area contributed by atoms with Crippen LogP contribution in [0.5, 0.6) is 0 Å². The first-order chi connectivity index (χ1) is 19.0. The Morgan fingerprint density at radius 2 is 1.33 bits per heavy atom. The lowest BCUT2D eigenvalue weighted by atomic mass is 9.99. The summed E-state index contributed by atoms with van der Waals surface area (Å²) in [6, 6.07) is 28.8. The maximum absolute atomic E-state index is 13.3. The Morgan fingerprint density at radius 1 is 0.692 bits per heavy atom. The normalized spacial score (nSPS) is 10.7. The zero-order valence-corrected chi connectivity index (χ0v) is 22.2. The third-order valence-electron chi connectivity index (χ3n) is 5.89. The number of hydrogen-bond donors (Lipinski definition) is 4. The molecular formula is C30H24N4O3S2. The Bertz CT molecular complexity index is 1550. The van der Waals surface area contributed by atoms with Crippen LogP contribution < -0.4 is 21.7 Å². The second-order valence-corrected chi connectivity index (χ2v) is 10.5. The number of thiophene rings is 2. The number of nitrogens with two attached hydrogens (primary N) is 1. The van der Waals surface area contributed by atoms with Gasteiger partial charge >= 0.3 is 0 Å². The molecule has 194 valence electrons. The van der Waals surface area contributed by atoms with Gasteiger partial charge in [0.05, 0.1) is 16.3 Å². The topological polar surface area (TPSA) is 113 Å². The Labute approximate surface area is 233 Å². The minimum absolute atomic E-state index is 0.343. The fourth-order valence-corrected chi connectivity index (χ4v) is 5.51. The highest BCUT2D eigenvalue weighted by Crippen LogP contribution is 2.31. The van der Waals surface area contributed by atoms with E-state index in [9.17, 15) is 14.4 Å². The van der Waals surface area contributed by atoms with Gasteiger partial charge in [0.1, 0.15) is 5.92 Å². The van der Waals surface area contributed by atoms with Gasteiger partial charge in [-0.25, -0.2) is 0 Å². The molecule has 2 aromatic heterocycles. The van der Waals surface area contributed by atoms with E-state index in [0.717, 1.165) is 21.8 Å². The maximum Gasteiger partial charge on any atom is 0.265 e. The van der Waals surface area contributed by atoms with Gasteiger partial charge in [-0.2, -0.15) is 0 Å². The van der Waals surface area contributed by atoms with Crippen LogP contribution in [-0.4, -0.2) is 17.7 Å². The summed E-state index contributed by atoms with van der Waals surface area (Å²) in [4.78, 5) is 41.2. The molecule has 0 atom stereocenters. The molecular weight excluding hydrogens is 528 g/mol. The molecule has 3 amide bonds. The smallest absolute Gasteiger partial charge is 0.265 e. The van der Waals surface area contributed by atoms with Crippen molar-refractivity contribution in [2.24, 2.45) is 0 Å². The molecule has 0 aliphatic heterocycles.